The first-order valence-electron chi connectivity index (χ1n) is 5.13. The summed E-state index contributed by atoms with van der Waals surface area (Å²) < 4.78 is 5.51. The van der Waals surface area contributed by atoms with E-state index >= 15 is 0 Å². The van der Waals surface area contributed by atoms with E-state index in [1.54, 1.807) is 0 Å². The van der Waals surface area contributed by atoms with Crippen LogP contribution in [0.2, 0.25) is 0 Å². The second-order valence-electron chi connectivity index (χ2n) is 4.35. The zero-order valence-corrected chi connectivity index (χ0v) is 8.46. The summed E-state index contributed by atoms with van der Waals surface area (Å²) in [5, 5.41) is 9.14. The van der Waals surface area contributed by atoms with E-state index in [1.165, 1.54) is 12.8 Å². The predicted octanol–water partition coefficient (Wildman–Crippen LogP) is 0.903. The molecule has 1 saturated heterocycles. The van der Waals surface area contributed by atoms with E-state index in [9.17, 15) is 0 Å². The average Bonchev–Trinajstić information content (AvgIpc) is 2.67. The summed E-state index contributed by atoms with van der Waals surface area (Å²) in [6, 6.07) is 0. The van der Waals surface area contributed by atoms with Crippen LogP contribution in [0.1, 0.15) is 32.6 Å². The highest BCUT2D eigenvalue weighted by Gasteiger charge is 2.24. The number of ether oxygens (including phenoxy) is 1. The van der Waals surface area contributed by atoms with Gasteiger partial charge in [-0.05, 0) is 32.2 Å². The van der Waals surface area contributed by atoms with Crippen LogP contribution in [0.4, 0.5) is 0 Å². The molecule has 2 unspecified atom stereocenters. The van der Waals surface area contributed by atoms with Gasteiger partial charge in [0.2, 0.25) is 0 Å². The van der Waals surface area contributed by atoms with Crippen molar-refractivity contribution in [2.24, 2.45) is 11.1 Å². The minimum absolute atomic E-state index is 0.105. The summed E-state index contributed by atoms with van der Waals surface area (Å²) in [5.74, 6) is 0. The lowest BCUT2D eigenvalue weighted by Crippen LogP contribution is -2.32. The highest BCUT2D eigenvalue weighted by Crippen LogP contribution is 2.25. The Morgan fingerprint density at radius 3 is 2.85 bits per heavy atom. The topological polar surface area (TPSA) is 55.5 Å². The lowest BCUT2D eigenvalue weighted by atomic mass is 9.85. The maximum absolute atomic E-state index is 9.14. The van der Waals surface area contributed by atoms with Gasteiger partial charge in [0, 0.05) is 18.6 Å². The Balaban J connectivity index is 2.22. The van der Waals surface area contributed by atoms with Crippen LogP contribution in [-0.4, -0.2) is 31.0 Å². The summed E-state index contributed by atoms with van der Waals surface area (Å²) in [7, 11) is 0. The number of rotatable bonds is 5. The van der Waals surface area contributed by atoms with E-state index < -0.39 is 0 Å². The highest BCUT2D eigenvalue weighted by atomic mass is 16.5. The quantitative estimate of drug-likeness (QED) is 0.672. The van der Waals surface area contributed by atoms with Gasteiger partial charge >= 0.3 is 0 Å². The van der Waals surface area contributed by atoms with Crippen LogP contribution in [0.15, 0.2) is 0 Å². The smallest absolute Gasteiger partial charge is 0.0576 e. The van der Waals surface area contributed by atoms with E-state index in [2.05, 4.69) is 0 Å². The number of aliphatic hydroxyl groups is 1. The van der Waals surface area contributed by atoms with Gasteiger partial charge in [-0.2, -0.15) is 0 Å². The van der Waals surface area contributed by atoms with Crippen LogP contribution in [-0.2, 0) is 4.74 Å². The molecule has 0 saturated carbocycles. The molecule has 0 bridgehead atoms. The summed E-state index contributed by atoms with van der Waals surface area (Å²) in [6.45, 7) is 3.66. The van der Waals surface area contributed by atoms with E-state index in [4.69, 9.17) is 15.6 Å². The highest BCUT2D eigenvalue weighted by molar-refractivity contribution is 4.77. The molecule has 0 aliphatic carbocycles. The van der Waals surface area contributed by atoms with Gasteiger partial charge in [-0.15, -0.1) is 0 Å². The molecule has 1 aliphatic heterocycles. The van der Waals surface area contributed by atoms with Crippen molar-refractivity contribution < 1.29 is 9.84 Å². The largest absolute Gasteiger partial charge is 0.396 e. The van der Waals surface area contributed by atoms with Gasteiger partial charge in [0.15, 0.2) is 0 Å². The molecule has 1 rings (SSSR count). The standard InChI is InChI=1S/C10H21NO2/c1-10(7-11,8-12)5-4-9-3-2-6-13-9/h9,12H,2-8,11H2,1H3. The molecule has 0 amide bonds. The minimum atomic E-state index is -0.105. The van der Waals surface area contributed by atoms with Crippen molar-refractivity contribution in [3.63, 3.8) is 0 Å². The summed E-state index contributed by atoms with van der Waals surface area (Å²) in [6.07, 6.45) is 4.77. The Kier molecular flexibility index (Phi) is 4.16. The van der Waals surface area contributed by atoms with E-state index in [-0.39, 0.29) is 12.0 Å². The van der Waals surface area contributed by atoms with Crippen LogP contribution < -0.4 is 5.73 Å². The SMILES string of the molecule is CC(CN)(CO)CCC1CCCO1. The lowest BCUT2D eigenvalue weighted by molar-refractivity contribution is 0.0748. The number of hydrogen-bond donors (Lipinski definition) is 2. The van der Waals surface area contributed by atoms with Gasteiger partial charge in [0.25, 0.3) is 0 Å². The van der Waals surface area contributed by atoms with E-state index in [0.29, 0.717) is 12.6 Å². The van der Waals surface area contributed by atoms with Crippen molar-refractivity contribution in [1.82, 2.24) is 0 Å². The molecule has 0 radical (unpaired) electrons. The molecule has 3 heteroatoms. The maximum Gasteiger partial charge on any atom is 0.0576 e. The van der Waals surface area contributed by atoms with Crippen molar-refractivity contribution in [2.75, 3.05) is 19.8 Å². The van der Waals surface area contributed by atoms with E-state index in [1.807, 2.05) is 6.92 Å². The molecule has 0 aromatic carbocycles. The molecule has 2 atom stereocenters. The Morgan fingerprint density at radius 1 is 1.62 bits per heavy atom. The molecule has 0 aromatic rings. The molecule has 0 aromatic heterocycles. The molecule has 0 spiro atoms. The minimum Gasteiger partial charge on any atom is -0.396 e. The van der Waals surface area contributed by atoms with Gasteiger partial charge < -0.3 is 15.6 Å². The first-order chi connectivity index (χ1) is 6.20. The van der Waals surface area contributed by atoms with Gasteiger partial charge in [0.1, 0.15) is 0 Å². The van der Waals surface area contributed by atoms with Crippen molar-refractivity contribution >= 4 is 0 Å². The molecule has 78 valence electrons. The van der Waals surface area contributed by atoms with Crippen molar-refractivity contribution in [3.05, 3.63) is 0 Å². The number of aliphatic hydroxyl groups excluding tert-OH is 1. The zero-order valence-electron chi connectivity index (χ0n) is 8.46. The van der Waals surface area contributed by atoms with E-state index in [0.717, 1.165) is 19.4 Å². The summed E-state index contributed by atoms with van der Waals surface area (Å²) in [5.41, 5.74) is 5.50. The second kappa shape index (κ2) is 4.94. The lowest BCUT2D eigenvalue weighted by Gasteiger charge is -2.26. The first-order valence-corrected chi connectivity index (χ1v) is 5.13. The van der Waals surface area contributed by atoms with Gasteiger partial charge in [-0.1, -0.05) is 6.92 Å². The zero-order chi connectivity index (χ0) is 9.73. The fraction of sp³-hybridized carbons (Fsp3) is 1.00. The first kappa shape index (κ1) is 11.0. The normalized spacial score (nSPS) is 27.5. The average molecular weight is 187 g/mol. The Bertz CT molecular complexity index is 140. The predicted molar refractivity (Wildman–Crippen MR) is 52.5 cm³/mol. The van der Waals surface area contributed by atoms with Crippen LogP contribution in [0.5, 0.6) is 0 Å². The third kappa shape index (κ3) is 3.25. The molecule has 1 fully saturated rings. The third-order valence-corrected chi connectivity index (χ3v) is 2.97. The number of hydrogen-bond acceptors (Lipinski definition) is 3. The molecular weight excluding hydrogens is 166 g/mol. The maximum atomic E-state index is 9.14. The molecule has 3 nitrogen and oxygen atoms in total. The van der Waals surface area contributed by atoms with Crippen LogP contribution in [0.3, 0.4) is 0 Å². The van der Waals surface area contributed by atoms with Gasteiger partial charge in [-0.25, -0.2) is 0 Å². The van der Waals surface area contributed by atoms with Crippen LogP contribution >= 0.6 is 0 Å². The fourth-order valence-corrected chi connectivity index (χ4v) is 1.63. The van der Waals surface area contributed by atoms with Gasteiger partial charge in [0.05, 0.1) is 6.10 Å². The third-order valence-electron chi connectivity index (χ3n) is 2.97. The monoisotopic (exact) mass is 187 g/mol. The Hall–Kier alpha value is -0.120. The molecule has 1 aliphatic rings. The Labute approximate surface area is 80.3 Å². The van der Waals surface area contributed by atoms with Crippen molar-refractivity contribution in [2.45, 2.75) is 38.7 Å². The second-order valence-corrected chi connectivity index (χ2v) is 4.35. The van der Waals surface area contributed by atoms with Crippen LogP contribution in [0.25, 0.3) is 0 Å². The molecule has 13 heavy (non-hydrogen) atoms. The summed E-state index contributed by atoms with van der Waals surface area (Å²) >= 11 is 0. The fourth-order valence-electron chi connectivity index (χ4n) is 1.63. The molecule has 1 heterocycles. The van der Waals surface area contributed by atoms with Crippen molar-refractivity contribution in [1.29, 1.82) is 0 Å². The number of nitrogens with two attached hydrogens (primary N) is 1. The van der Waals surface area contributed by atoms with Crippen molar-refractivity contribution in [3.8, 4) is 0 Å². The Morgan fingerprint density at radius 2 is 2.38 bits per heavy atom. The van der Waals surface area contributed by atoms with Crippen LogP contribution in [0, 0.1) is 5.41 Å². The van der Waals surface area contributed by atoms with Gasteiger partial charge in [-0.3, -0.25) is 0 Å². The summed E-state index contributed by atoms with van der Waals surface area (Å²) in [4.78, 5) is 0. The molecule has 3 N–H and O–H groups in total. The molecular formula is C10H21NO2.